The zero-order valence-corrected chi connectivity index (χ0v) is 19.5. The predicted octanol–water partition coefficient (Wildman–Crippen LogP) is 3.74. The number of carbonyl (C=O) groups is 2. The van der Waals surface area contributed by atoms with E-state index in [1.165, 1.54) is 4.90 Å². The van der Waals surface area contributed by atoms with E-state index in [9.17, 15) is 9.59 Å². The van der Waals surface area contributed by atoms with Crippen molar-refractivity contribution in [2.45, 2.75) is 20.8 Å². The van der Waals surface area contributed by atoms with Crippen molar-refractivity contribution in [3.63, 3.8) is 0 Å². The number of benzene rings is 2. The molecule has 0 aliphatic carbocycles. The molecule has 0 saturated carbocycles. The number of urea groups is 1. The fourth-order valence-electron chi connectivity index (χ4n) is 3.90. The summed E-state index contributed by atoms with van der Waals surface area (Å²) < 4.78 is 10.7. The van der Waals surface area contributed by atoms with Gasteiger partial charge in [-0.15, -0.1) is 0 Å². The Bertz CT molecular complexity index is 974. The van der Waals surface area contributed by atoms with Gasteiger partial charge in [0.2, 0.25) is 5.91 Å². The van der Waals surface area contributed by atoms with Gasteiger partial charge in [-0.2, -0.15) is 0 Å². The Kier molecular flexibility index (Phi) is 7.45. The summed E-state index contributed by atoms with van der Waals surface area (Å²) in [5.74, 6) is 0.985. The number of hydrogen-bond donors (Lipinski definition) is 1. The molecule has 0 atom stereocenters. The molecule has 3 rings (SSSR count). The van der Waals surface area contributed by atoms with Crippen LogP contribution in [0.2, 0.25) is 0 Å². The molecule has 1 heterocycles. The molecule has 1 N–H and O–H groups in total. The molecule has 3 amide bonds. The first-order valence-corrected chi connectivity index (χ1v) is 10.9. The lowest BCUT2D eigenvalue weighted by molar-refractivity contribution is -0.116. The third-order valence-corrected chi connectivity index (χ3v) is 5.72. The van der Waals surface area contributed by atoms with Crippen LogP contribution in [0.25, 0.3) is 0 Å². The summed E-state index contributed by atoms with van der Waals surface area (Å²) in [5.41, 5.74) is 3.49. The summed E-state index contributed by atoms with van der Waals surface area (Å²) in [5, 5.41) is 2.94. The lowest BCUT2D eigenvalue weighted by Gasteiger charge is -2.23. The fraction of sp³-hybridized carbons (Fsp3) is 0.417. The van der Waals surface area contributed by atoms with Gasteiger partial charge >= 0.3 is 6.03 Å². The molecule has 1 aliphatic heterocycles. The molecule has 32 heavy (non-hydrogen) atoms. The summed E-state index contributed by atoms with van der Waals surface area (Å²) in [7, 11) is 3.13. The van der Waals surface area contributed by atoms with E-state index in [0.717, 1.165) is 30.0 Å². The van der Waals surface area contributed by atoms with Crippen LogP contribution < -0.4 is 24.6 Å². The maximum absolute atomic E-state index is 13.0. The molecule has 2 aromatic rings. The van der Waals surface area contributed by atoms with Crippen LogP contribution >= 0.6 is 0 Å². The zero-order valence-electron chi connectivity index (χ0n) is 19.5. The average Bonchev–Trinajstić information content (AvgIpc) is 3.15. The molecule has 1 aliphatic rings. The third kappa shape index (κ3) is 4.90. The number of nitrogens with one attached hydrogen (secondary N) is 1. The highest BCUT2D eigenvalue weighted by Crippen LogP contribution is 2.34. The Labute approximate surface area is 189 Å². The lowest BCUT2D eigenvalue weighted by atomic mass is 10.1. The maximum Gasteiger partial charge on any atom is 0.325 e. The van der Waals surface area contributed by atoms with Gasteiger partial charge in [0, 0.05) is 43.6 Å². The van der Waals surface area contributed by atoms with Crippen molar-refractivity contribution >= 4 is 29.0 Å². The number of rotatable bonds is 9. The molecule has 8 heteroatoms. The van der Waals surface area contributed by atoms with Gasteiger partial charge in [-0.05, 0) is 56.7 Å². The van der Waals surface area contributed by atoms with Crippen LogP contribution in [-0.4, -0.2) is 63.8 Å². The van der Waals surface area contributed by atoms with E-state index in [1.807, 2.05) is 19.1 Å². The summed E-state index contributed by atoms with van der Waals surface area (Å²) in [4.78, 5) is 31.1. The van der Waals surface area contributed by atoms with Crippen LogP contribution in [-0.2, 0) is 4.79 Å². The summed E-state index contributed by atoms with van der Waals surface area (Å²) in [6.07, 6.45) is 0. The number of anilines is 3. The van der Waals surface area contributed by atoms with E-state index in [4.69, 9.17) is 9.47 Å². The van der Waals surface area contributed by atoms with Gasteiger partial charge < -0.3 is 24.6 Å². The third-order valence-electron chi connectivity index (χ3n) is 5.72. The first-order valence-electron chi connectivity index (χ1n) is 10.9. The minimum absolute atomic E-state index is 0.0150. The Balaban J connectivity index is 1.66. The van der Waals surface area contributed by atoms with Crippen LogP contribution in [0.4, 0.5) is 21.9 Å². The molecular weight excluding hydrogens is 408 g/mol. The smallest absolute Gasteiger partial charge is 0.325 e. The number of carbonyl (C=O) groups excluding carboxylic acids is 2. The van der Waals surface area contributed by atoms with Crippen LogP contribution in [0.1, 0.15) is 19.4 Å². The predicted molar refractivity (Wildman–Crippen MR) is 127 cm³/mol. The second-order valence-corrected chi connectivity index (χ2v) is 7.61. The molecule has 0 aromatic heterocycles. The number of hydrogen-bond acceptors (Lipinski definition) is 5. The molecular formula is C24H32N4O4. The number of aryl methyl sites for hydroxylation is 1. The topological polar surface area (TPSA) is 74.4 Å². The second kappa shape index (κ2) is 10.3. The molecule has 0 bridgehead atoms. The number of amides is 3. The lowest BCUT2D eigenvalue weighted by Crippen LogP contribution is -2.37. The number of nitrogens with zero attached hydrogens (tertiary/aromatic N) is 3. The maximum atomic E-state index is 13.0. The van der Waals surface area contributed by atoms with Gasteiger partial charge in [-0.3, -0.25) is 9.69 Å². The van der Waals surface area contributed by atoms with Crippen LogP contribution in [0.5, 0.6) is 11.5 Å². The quantitative estimate of drug-likeness (QED) is 0.643. The van der Waals surface area contributed by atoms with Gasteiger partial charge in [0.15, 0.2) is 0 Å². The zero-order chi connectivity index (χ0) is 23.3. The van der Waals surface area contributed by atoms with Crippen LogP contribution in [0, 0.1) is 6.92 Å². The van der Waals surface area contributed by atoms with E-state index < -0.39 is 0 Å². The molecule has 2 aromatic carbocycles. The first-order chi connectivity index (χ1) is 15.4. The van der Waals surface area contributed by atoms with Crippen molar-refractivity contribution in [3.05, 3.63) is 42.0 Å². The van der Waals surface area contributed by atoms with Gasteiger partial charge in [0.25, 0.3) is 0 Å². The molecule has 0 unspecified atom stereocenters. The Hall–Kier alpha value is -3.42. The summed E-state index contributed by atoms with van der Waals surface area (Å²) >= 11 is 0. The van der Waals surface area contributed by atoms with Crippen molar-refractivity contribution in [1.29, 1.82) is 0 Å². The SMILES string of the molecule is CCN(CC)c1ccc(NC(=O)CN2CCN(c3cc(OC)ccc3OC)C2=O)c(C)c1. The van der Waals surface area contributed by atoms with E-state index in [-0.39, 0.29) is 18.5 Å². The molecule has 0 radical (unpaired) electrons. The van der Waals surface area contributed by atoms with E-state index in [1.54, 1.807) is 37.3 Å². The molecule has 1 fully saturated rings. The number of ether oxygens (including phenoxy) is 2. The van der Waals surface area contributed by atoms with Gasteiger partial charge in [-0.1, -0.05) is 0 Å². The monoisotopic (exact) mass is 440 g/mol. The van der Waals surface area contributed by atoms with Crippen molar-refractivity contribution in [1.82, 2.24) is 4.90 Å². The van der Waals surface area contributed by atoms with Gasteiger partial charge in [0.1, 0.15) is 18.0 Å². The Morgan fingerprint density at radius 1 is 1.06 bits per heavy atom. The van der Waals surface area contributed by atoms with Gasteiger partial charge in [0.05, 0.1) is 19.9 Å². The van der Waals surface area contributed by atoms with E-state index >= 15 is 0 Å². The average molecular weight is 441 g/mol. The van der Waals surface area contributed by atoms with Crippen LogP contribution in [0.15, 0.2) is 36.4 Å². The van der Waals surface area contributed by atoms with Crippen LogP contribution in [0.3, 0.4) is 0 Å². The largest absolute Gasteiger partial charge is 0.497 e. The van der Waals surface area contributed by atoms with Crippen molar-refractivity contribution in [2.75, 3.05) is 62.1 Å². The minimum Gasteiger partial charge on any atom is -0.497 e. The number of methoxy groups -OCH3 is 2. The van der Waals surface area contributed by atoms with Crippen molar-refractivity contribution < 1.29 is 19.1 Å². The molecule has 172 valence electrons. The molecule has 1 saturated heterocycles. The Morgan fingerprint density at radius 3 is 2.44 bits per heavy atom. The molecule has 0 spiro atoms. The minimum atomic E-state index is -0.236. The van der Waals surface area contributed by atoms with Crippen molar-refractivity contribution in [2.24, 2.45) is 0 Å². The normalized spacial score (nSPS) is 13.3. The van der Waals surface area contributed by atoms with Crippen molar-refractivity contribution in [3.8, 4) is 11.5 Å². The highest BCUT2D eigenvalue weighted by molar-refractivity contribution is 6.00. The Morgan fingerprint density at radius 2 is 1.81 bits per heavy atom. The van der Waals surface area contributed by atoms with E-state index in [2.05, 4.69) is 30.1 Å². The summed E-state index contributed by atoms with van der Waals surface area (Å²) in [6.45, 7) is 8.96. The highest BCUT2D eigenvalue weighted by Gasteiger charge is 2.32. The fourth-order valence-corrected chi connectivity index (χ4v) is 3.90. The second-order valence-electron chi connectivity index (χ2n) is 7.61. The molecule has 8 nitrogen and oxygen atoms in total. The standard InChI is InChI=1S/C24H32N4O4/c1-6-26(7-2)18-8-10-20(17(3)14-18)25-23(29)16-27-12-13-28(24(27)30)21-15-19(31-4)9-11-22(21)32-5/h8-11,14-15H,6-7,12-13,16H2,1-5H3,(H,25,29). The highest BCUT2D eigenvalue weighted by atomic mass is 16.5. The first kappa shape index (κ1) is 23.2. The summed E-state index contributed by atoms with van der Waals surface area (Å²) in [6, 6.07) is 11.1. The van der Waals surface area contributed by atoms with E-state index in [0.29, 0.717) is 30.3 Å². The van der Waals surface area contributed by atoms with Gasteiger partial charge in [-0.25, -0.2) is 4.79 Å².